The Bertz CT molecular complexity index is 1050. The maximum absolute atomic E-state index is 12.9. The van der Waals surface area contributed by atoms with Crippen LogP contribution in [0.25, 0.3) is 6.08 Å². The van der Waals surface area contributed by atoms with Gasteiger partial charge in [0.05, 0.1) is 22.8 Å². The minimum atomic E-state index is -1.09. The van der Waals surface area contributed by atoms with Crippen molar-refractivity contribution in [3.05, 3.63) is 64.6 Å². The molecule has 0 spiro atoms. The third-order valence-corrected chi connectivity index (χ3v) is 5.27. The minimum Gasteiger partial charge on any atom is -0.482 e. The summed E-state index contributed by atoms with van der Waals surface area (Å²) in [5.74, 6) is -1.43. The molecule has 0 unspecified atom stereocenters. The molecule has 0 aromatic heterocycles. The predicted octanol–water partition coefficient (Wildman–Crippen LogP) is 3.73. The molecule has 1 saturated heterocycles. The maximum Gasteiger partial charge on any atom is 0.344 e. The van der Waals surface area contributed by atoms with E-state index in [1.54, 1.807) is 49.4 Å². The van der Waals surface area contributed by atoms with Crippen LogP contribution in [0.1, 0.15) is 22.8 Å². The number of carbonyl (C=O) groups is 3. The van der Waals surface area contributed by atoms with Gasteiger partial charge in [0.1, 0.15) is 5.75 Å². The lowest BCUT2D eigenvalue weighted by Gasteiger charge is -2.14. The Labute approximate surface area is 182 Å². The molecule has 1 N–H and O–H groups in total. The highest BCUT2D eigenvalue weighted by molar-refractivity contribution is 8.27. The minimum absolute atomic E-state index is 0.0666. The summed E-state index contributed by atoms with van der Waals surface area (Å²) in [6.07, 6.45) is 1.66. The van der Waals surface area contributed by atoms with Gasteiger partial charge in [0, 0.05) is 0 Å². The van der Waals surface area contributed by atoms with E-state index in [0.29, 0.717) is 26.2 Å². The number of thiocarbonyl (C=S) groups is 1. The van der Waals surface area contributed by atoms with Crippen molar-refractivity contribution in [2.45, 2.75) is 6.92 Å². The zero-order valence-electron chi connectivity index (χ0n) is 15.9. The Kier molecular flexibility index (Phi) is 6.86. The first-order chi connectivity index (χ1) is 14.4. The van der Waals surface area contributed by atoms with Gasteiger partial charge < -0.3 is 14.6 Å². The summed E-state index contributed by atoms with van der Waals surface area (Å²) < 4.78 is 10.5. The number of nitrogens with zero attached hydrogens (tertiary/aromatic N) is 1. The molecule has 0 saturated carbocycles. The van der Waals surface area contributed by atoms with E-state index >= 15 is 0 Å². The standard InChI is InChI=1S/C21H17NO6S2/c1-2-27-18(23)12-28-16-8-3-5-13(9-16)10-17-19(24)22(21(29)30-17)15-7-4-6-14(11-15)20(25)26/h3-11H,2,12H2,1H3,(H,25,26). The van der Waals surface area contributed by atoms with Crippen LogP contribution in [-0.4, -0.2) is 40.5 Å². The van der Waals surface area contributed by atoms with Crippen molar-refractivity contribution in [2.75, 3.05) is 18.1 Å². The lowest BCUT2D eigenvalue weighted by molar-refractivity contribution is -0.145. The Morgan fingerprint density at radius 3 is 2.70 bits per heavy atom. The zero-order chi connectivity index (χ0) is 21.7. The van der Waals surface area contributed by atoms with E-state index in [0.717, 1.165) is 11.8 Å². The molecular weight excluding hydrogens is 426 g/mol. The van der Waals surface area contributed by atoms with E-state index in [9.17, 15) is 19.5 Å². The third kappa shape index (κ3) is 5.05. The van der Waals surface area contributed by atoms with Gasteiger partial charge in [-0.25, -0.2) is 9.59 Å². The van der Waals surface area contributed by atoms with E-state index < -0.39 is 11.9 Å². The monoisotopic (exact) mass is 443 g/mol. The van der Waals surface area contributed by atoms with Gasteiger partial charge in [-0.15, -0.1) is 0 Å². The molecule has 30 heavy (non-hydrogen) atoms. The molecular formula is C21H17NO6S2. The summed E-state index contributed by atoms with van der Waals surface area (Å²) in [6, 6.07) is 12.9. The van der Waals surface area contributed by atoms with E-state index in [4.69, 9.17) is 21.7 Å². The van der Waals surface area contributed by atoms with Crippen LogP contribution in [0.4, 0.5) is 5.69 Å². The van der Waals surface area contributed by atoms with Gasteiger partial charge in [0.2, 0.25) is 0 Å². The van der Waals surface area contributed by atoms with Gasteiger partial charge in [-0.2, -0.15) is 0 Å². The van der Waals surface area contributed by atoms with Crippen molar-refractivity contribution in [3.63, 3.8) is 0 Å². The number of ether oxygens (including phenoxy) is 2. The van der Waals surface area contributed by atoms with E-state index in [1.807, 2.05) is 0 Å². The fourth-order valence-corrected chi connectivity index (χ4v) is 3.96. The smallest absolute Gasteiger partial charge is 0.344 e. The Morgan fingerprint density at radius 1 is 1.20 bits per heavy atom. The molecule has 1 aliphatic heterocycles. The topological polar surface area (TPSA) is 93.1 Å². The van der Waals surface area contributed by atoms with Gasteiger partial charge in [-0.05, 0) is 48.9 Å². The molecule has 2 aromatic carbocycles. The maximum atomic E-state index is 12.9. The molecule has 3 rings (SSSR count). The number of carbonyl (C=O) groups excluding carboxylic acids is 2. The molecule has 0 aliphatic carbocycles. The van der Waals surface area contributed by atoms with Crippen LogP contribution in [0.3, 0.4) is 0 Å². The highest BCUT2D eigenvalue weighted by Gasteiger charge is 2.33. The highest BCUT2D eigenvalue weighted by atomic mass is 32.2. The van der Waals surface area contributed by atoms with Gasteiger partial charge in [0.25, 0.3) is 5.91 Å². The van der Waals surface area contributed by atoms with E-state index in [1.165, 1.54) is 17.0 Å². The fraction of sp³-hybridized carbons (Fsp3) is 0.143. The number of rotatable bonds is 7. The Morgan fingerprint density at radius 2 is 1.97 bits per heavy atom. The molecule has 0 radical (unpaired) electrons. The van der Waals surface area contributed by atoms with Crippen LogP contribution in [0.2, 0.25) is 0 Å². The number of hydrogen-bond donors (Lipinski definition) is 1. The van der Waals surface area contributed by atoms with Crippen molar-refractivity contribution in [2.24, 2.45) is 0 Å². The van der Waals surface area contributed by atoms with Crippen LogP contribution in [0.5, 0.6) is 5.75 Å². The fourth-order valence-electron chi connectivity index (χ4n) is 2.66. The summed E-state index contributed by atoms with van der Waals surface area (Å²) in [7, 11) is 0. The molecule has 154 valence electrons. The predicted molar refractivity (Wildman–Crippen MR) is 118 cm³/mol. The van der Waals surface area contributed by atoms with Crippen molar-refractivity contribution in [1.29, 1.82) is 0 Å². The van der Waals surface area contributed by atoms with Gasteiger partial charge in [-0.3, -0.25) is 9.69 Å². The van der Waals surface area contributed by atoms with Gasteiger partial charge in [-0.1, -0.05) is 42.2 Å². The molecule has 0 bridgehead atoms. The summed E-state index contributed by atoms with van der Waals surface area (Å²) in [4.78, 5) is 37.2. The number of aromatic carboxylic acids is 1. The largest absolute Gasteiger partial charge is 0.482 e. The first-order valence-corrected chi connectivity index (χ1v) is 10.1. The van der Waals surface area contributed by atoms with Crippen LogP contribution in [-0.2, 0) is 14.3 Å². The average Bonchev–Trinajstić information content (AvgIpc) is 3.00. The SMILES string of the molecule is CCOC(=O)COc1cccc(C=C2SC(=S)N(c3cccc(C(=O)O)c3)C2=O)c1. The second-order valence-electron chi connectivity index (χ2n) is 6.04. The summed E-state index contributed by atoms with van der Waals surface area (Å²) in [6.45, 7) is 1.78. The molecule has 1 amide bonds. The van der Waals surface area contributed by atoms with Crippen LogP contribution < -0.4 is 9.64 Å². The second kappa shape index (κ2) is 9.55. The number of carboxylic acid groups (broad SMARTS) is 1. The van der Waals surface area contributed by atoms with Crippen molar-refractivity contribution in [3.8, 4) is 5.75 Å². The molecule has 0 atom stereocenters. The summed E-state index contributed by atoms with van der Waals surface area (Å²) in [5, 5.41) is 9.17. The number of amides is 1. The lowest BCUT2D eigenvalue weighted by atomic mass is 10.1. The number of anilines is 1. The Balaban J connectivity index is 1.79. The number of thioether (sulfide) groups is 1. The van der Waals surface area contributed by atoms with Gasteiger partial charge in [0.15, 0.2) is 10.9 Å². The first kappa shape index (κ1) is 21.5. The molecule has 1 fully saturated rings. The van der Waals surface area contributed by atoms with Crippen molar-refractivity contribution in [1.82, 2.24) is 0 Å². The normalized spacial score (nSPS) is 14.8. The number of carboxylic acids is 1. The van der Waals surface area contributed by atoms with Crippen molar-refractivity contribution < 1.29 is 29.0 Å². The Hall–Kier alpha value is -3.17. The van der Waals surface area contributed by atoms with Crippen LogP contribution in [0.15, 0.2) is 53.4 Å². The molecule has 7 nitrogen and oxygen atoms in total. The van der Waals surface area contributed by atoms with E-state index in [-0.39, 0.29) is 24.7 Å². The number of esters is 1. The van der Waals surface area contributed by atoms with Gasteiger partial charge >= 0.3 is 11.9 Å². The zero-order valence-corrected chi connectivity index (χ0v) is 17.5. The van der Waals surface area contributed by atoms with Crippen LogP contribution in [0, 0.1) is 0 Å². The molecule has 9 heteroatoms. The number of benzene rings is 2. The summed E-state index contributed by atoms with van der Waals surface area (Å²) in [5.41, 5.74) is 1.15. The molecule has 1 heterocycles. The summed E-state index contributed by atoms with van der Waals surface area (Å²) >= 11 is 6.45. The quantitative estimate of drug-likeness (QED) is 0.393. The highest BCUT2D eigenvalue weighted by Crippen LogP contribution is 2.36. The van der Waals surface area contributed by atoms with Crippen molar-refractivity contribution >= 4 is 57.9 Å². The van der Waals surface area contributed by atoms with E-state index in [2.05, 4.69) is 0 Å². The third-order valence-electron chi connectivity index (χ3n) is 3.96. The second-order valence-corrected chi connectivity index (χ2v) is 7.71. The molecule has 2 aromatic rings. The average molecular weight is 444 g/mol. The lowest BCUT2D eigenvalue weighted by Crippen LogP contribution is -2.27. The number of hydrogen-bond acceptors (Lipinski definition) is 7. The van der Waals surface area contributed by atoms with Crippen LogP contribution >= 0.6 is 24.0 Å². The first-order valence-electron chi connectivity index (χ1n) is 8.89. The molecule has 1 aliphatic rings.